The molecular weight excluding hydrogens is 266 g/mol. The first-order valence-corrected chi connectivity index (χ1v) is 7.10. The lowest BCUT2D eigenvalue weighted by Gasteiger charge is -2.34. The largest absolute Gasteiger partial charge is 0.387 e. The number of piperazine rings is 1. The van der Waals surface area contributed by atoms with Crippen LogP contribution in [0.5, 0.6) is 0 Å². The summed E-state index contributed by atoms with van der Waals surface area (Å²) in [7, 11) is 2.09. The molecule has 0 aliphatic carbocycles. The van der Waals surface area contributed by atoms with E-state index in [0.29, 0.717) is 23.9 Å². The Hall–Kier alpha value is -2.15. The maximum Gasteiger partial charge on any atom is 0.175 e. The first-order chi connectivity index (χ1) is 10.1. The average molecular weight is 289 g/mol. The van der Waals surface area contributed by atoms with Crippen molar-refractivity contribution in [3.8, 4) is 0 Å². The monoisotopic (exact) mass is 289 g/mol. The van der Waals surface area contributed by atoms with Gasteiger partial charge >= 0.3 is 0 Å². The van der Waals surface area contributed by atoms with E-state index >= 15 is 0 Å². The minimum absolute atomic E-state index is 0.357. The molecule has 0 atom stereocenters. The maximum atomic E-state index is 8.12. The zero-order valence-corrected chi connectivity index (χ0v) is 12.6. The van der Waals surface area contributed by atoms with Crippen molar-refractivity contribution in [2.45, 2.75) is 13.3 Å². The number of aromatic amines is 1. The molecule has 0 amide bonds. The van der Waals surface area contributed by atoms with Crippen LogP contribution in [0, 0.1) is 5.41 Å². The fourth-order valence-electron chi connectivity index (χ4n) is 2.19. The zero-order valence-electron chi connectivity index (χ0n) is 12.6. The van der Waals surface area contributed by atoms with Gasteiger partial charge in [-0.2, -0.15) is 5.10 Å². The van der Waals surface area contributed by atoms with Gasteiger partial charge in [0.1, 0.15) is 11.7 Å². The zero-order chi connectivity index (χ0) is 15.2. The summed E-state index contributed by atoms with van der Waals surface area (Å²) < 4.78 is 0. The number of H-pyrrole nitrogens is 1. The minimum atomic E-state index is 0.357. The van der Waals surface area contributed by atoms with Crippen LogP contribution in [0.3, 0.4) is 0 Å². The molecule has 21 heavy (non-hydrogen) atoms. The Bertz CT molecular complexity index is 535. The summed E-state index contributed by atoms with van der Waals surface area (Å²) in [6.07, 6.45) is 4.19. The van der Waals surface area contributed by atoms with Crippen LogP contribution < -0.4 is 5.73 Å². The van der Waals surface area contributed by atoms with Crippen molar-refractivity contribution in [3.05, 3.63) is 17.8 Å². The van der Waals surface area contributed by atoms with E-state index in [0.717, 1.165) is 31.9 Å². The first-order valence-electron chi connectivity index (χ1n) is 7.10. The Kier molecular flexibility index (Phi) is 5.10. The van der Waals surface area contributed by atoms with Gasteiger partial charge in [0.05, 0.1) is 12.1 Å². The normalized spacial score (nSPS) is 17.6. The minimum Gasteiger partial charge on any atom is -0.387 e. The molecule has 1 fully saturated rings. The molecule has 7 heteroatoms. The summed E-state index contributed by atoms with van der Waals surface area (Å²) >= 11 is 0. The summed E-state index contributed by atoms with van der Waals surface area (Å²) in [5, 5.41) is 15.1. The van der Waals surface area contributed by atoms with E-state index in [4.69, 9.17) is 11.1 Å². The SMILES string of the molecule is C/C=C\c1cc(N=C(N)CC(=N)N2CCN(C)CC2)n[nH]1. The molecule has 0 aromatic carbocycles. The number of amidine groups is 2. The topological polar surface area (TPSA) is 97.4 Å². The number of aliphatic imine (C=N–C) groups is 1. The Morgan fingerprint density at radius 1 is 1.48 bits per heavy atom. The second-order valence-corrected chi connectivity index (χ2v) is 5.20. The fourth-order valence-corrected chi connectivity index (χ4v) is 2.19. The van der Waals surface area contributed by atoms with Gasteiger partial charge in [-0.05, 0) is 20.0 Å². The van der Waals surface area contributed by atoms with Gasteiger partial charge in [0, 0.05) is 32.2 Å². The molecule has 0 bridgehead atoms. The number of allylic oxidation sites excluding steroid dienone is 1. The molecule has 0 saturated carbocycles. The van der Waals surface area contributed by atoms with Gasteiger partial charge in [-0.25, -0.2) is 4.99 Å². The molecule has 1 aliphatic heterocycles. The number of hydrogen-bond acceptors (Lipinski definition) is 4. The molecule has 2 rings (SSSR count). The van der Waals surface area contributed by atoms with Gasteiger partial charge in [-0.15, -0.1) is 0 Å². The van der Waals surface area contributed by atoms with Crippen molar-refractivity contribution in [1.82, 2.24) is 20.0 Å². The van der Waals surface area contributed by atoms with E-state index in [1.807, 2.05) is 25.1 Å². The Morgan fingerprint density at radius 2 is 2.19 bits per heavy atom. The van der Waals surface area contributed by atoms with Crippen molar-refractivity contribution in [1.29, 1.82) is 5.41 Å². The number of nitrogens with two attached hydrogens (primary N) is 1. The first kappa shape index (κ1) is 15.2. The third-order valence-corrected chi connectivity index (χ3v) is 3.42. The second kappa shape index (κ2) is 7.03. The molecule has 114 valence electrons. The number of likely N-dealkylation sites (N-methyl/N-ethyl adjacent to an activating group) is 1. The predicted molar refractivity (Wildman–Crippen MR) is 86.0 cm³/mol. The number of rotatable bonds is 4. The summed E-state index contributed by atoms with van der Waals surface area (Å²) in [4.78, 5) is 8.56. The lowest BCUT2D eigenvalue weighted by molar-refractivity contribution is 0.213. The van der Waals surface area contributed by atoms with Crippen LogP contribution in [0.15, 0.2) is 17.1 Å². The van der Waals surface area contributed by atoms with E-state index in [1.165, 1.54) is 0 Å². The molecule has 4 N–H and O–H groups in total. The highest BCUT2D eigenvalue weighted by molar-refractivity contribution is 6.01. The summed E-state index contributed by atoms with van der Waals surface area (Å²) in [5.41, 5.74) is 6.81. The molecular formula is C14H23N7. The molecule has 2 heterocycles. The number of hydrogen-bond donors (Lipinski definition) is 3. The molecule has 1 aliphatic rings. The molecule has 1 saturated heterocycles. The van der Waals surface area contributed by atoms with E-state index in [2.05, 4.69) is 32.0 Å². The fraction of sp³-hybridized carbons (Fsp3) is 0.500. The summed E-state index contributed by atoms with van der Waals surface area (Å²) in [6, 6.07) is 1.83. The molecule has 1 aromatic rings. The Labute approximate surface area is 125 Å². The van der Waals surface area contributed by atoms with Gasteiger partial charge in [0.25, 0.3) is 0 Å². The highest BCUT2D eigenvalue weighted by Gasteiger charge is 2.17. The number of nitrogens with one attached hydrogen (secondary N) is 2. The van der Waals surface area contributed by atoms with E-state index in [-0.39, 0.29) is 0 Å². The molecule has 7 nitrogen and oxygen atoms in total. The highest BCUT2D eigenvalue weighted by atomic mass is 15.3. The quantitative estimate of drug-likeness (QED) is 0.570. The highest BCUT2D eigenvalue weighted by Crippen LogP contribution is 2.11. The third-order valence-electron chi connectivity index (χ3n) is 3.42. The van der Waals surface area contributed by atoms with Crippen molar-refractivity contribution in [3.63, 3.8) is 0 Å². The van der Waals surface area contributed by atoms with Crippen molar-refractivity contribution >= 4 is 23.6 Å². The van der Waals surface area contributed by atoms with Crippen LogP contribution in [-0.2, 0) is 0 Å². The van der Waals surface area contributed by atoms with Gasteiger partial charge in [-0.3, -0.25) is 10.5 Å². The summed E-state index contributed by atoms with van der Waals surface area (Å²) in [5.74, 6) is 1.48. The Morgan fingerprint density at radius 3 is 2.86 bits per heavy atom. The van der Waals surface area contributed by atoms with E-state index in [9.17, 15) is 0 Å². The van der Waals surface area contributed by atoms with Gasteiger partial charge < -0.3 is 15.5 Å². The molecule has 0 radical (unpaired) electrons. The van der Waals surface area contributed by atoms with Gasteiger partial charge in [-0.1, -0.05) is 6.08 Å². The smallest absolute Gasteiger partial charge is 0.175 e. The number of aromatic nitrogens is 2. The molecule has 0 spiro atoms. The van der Waals surface area contributed by atoms with Crippen LogP contribution in [-0.4, -0.2) is 64.9 Å². The van der Waals surface area contributed by atoms with Gasteiger partial charge in [0.15, 0.2) is 5.82 Å². The van der Waals surface area contributed by atoms with Crippen molar-refractivity contribution < 1.29 is 0 Å². The molecule has 0 unspecified atom stereocenters. The predicted octanol–water partition coefficient (Wildman–Crippen LogP) is 1.05. The van der Waals surface area contributed by atoms with Crippen LogP contribution in [0.25, 0.3) is 6.08 Å². The standard InChI is InChI=1S/C14H23N7/c1-3-4-11-9-14(19-18-11)17-12(15)10-13(16)21-7-5-20(2)6-8-21/h3-4,9,16H,5-8,10H2,1-2H3,(H3,15,17,18,19)/b4-3-,16-13?. The van der Waals surface area contributed by atoms with Crippen LogP contribution >= 0.6 is 0 Å². The van der Waals surface area contributed by atoms with Crippen molar-refractivity contribution in [2.24, 2.45) is 10.7 Å². The van der Waals surface area contributed by atoms with E-state index in [1.54, 1.807) is 0 Å². The third kappa shape index (κ3) is 4.42. The van der Waals surface area contributed by atoms with Crippen LogP contribution in [0.4, 0.5) is 5.82 Å². The lowest BCUT2D eigenvalue weighted by atomic mass is 10.2. The Balaban J connectivity index is 1.91. The van der Waals surface area contributed by atoms with Crippen LogP contribution in [0.1, 0.15) is 19.0 Å². The molecule has 1 aromatic heterocycles. The van der Waals surface area contributed by atoms with Crippen LogP contribution in [0.2, 0.25) is 0 Å². The lowest BCUT2D eigenvalue weighted by Crippen LogP contribution is -2.47. The van der Waals surface area contributed by atoms with Crippen molar-refractivity contribution in [2.75, 3.05) is 33.2 Å². The van der Waals surface area contributed by atoms with Gasteiger partial charge in [0.2, 0.25) is 0 Å². The summed E-state index contributed by atoms with van der Waals surface area (Å²) in [6.45, 7) is 5.64. The van der Waals surface area contributed by atoms with E-state index < -0.39 is 0 Å². The second-order valence-electron chi connectivity index (χ2n) is 5.20. The maximum absolute atomic E-state index is 8.12. The average Bonchev–Trinajstić information content (AvgIpc) is 2.87. The number of nitrogens with zero attached hydrogens (tertiary/aromatic N) is 4.